The molecule has 0 heterocycles. The average molecular weight is 212 g/mol. The number of halogens is 3. The van der Waals surface area contributed by atoms with Crippen LogP contribution in [0.1, 0.15) is 20.3 Å². The molecule has 0 atom stereocenters. The molecule has 2 nitrogen and oxygen atoms in total. The molecule has 0 bridgehead atoms. The predicted octanol–water partition coefficient (Wildman–Crippen LogP) is 1.86. The van der Waals surface area contributed by atoms with E-state index in [1.54, 1.807) is 4.90 Å². The van der Waals surface area contributed by atoms with E-state index in [1.165, 1.54) is 0 Å². The van der Waals surface area contributed by atoms with Crippen LogP contribution in [0.5, 0.6) is 0 Å². The van der Waals surface area contributed by atoms with E-state index < -0.39 is 12.6 Å². The van der Waals surface area contributed by atoms with Gasteiger partial charge in [0.25, 0.3) is 0 Å². The molecule has 14 heavy (non-hydrogen) atoms. The third kappa shape index (κ3) is 8.31. The van der Waals surface area contributed by atoms with Gasteiger partial charge in [0.2, 0.25) is 0 Å². The molecule has 0 aromatic carbocycles. The van der Waals surface area contributed by atoms with Gasteiger partial charge in [0.15, 0.2) is 0 Å². The van der Waals surface area contributed by atoms with Crippen LogP contribution in [0.25, 0.3) is 0 Å². The maximum absolute atomic E-state index is 11.9. The third-order valence-electron chi connectivity index (χ3n) is 1.78. The summed E-state index contributed by atoms with van der Waals surface area (Å²) in [7, 11) is 0. The van der Waals surface area contributed by atoms with Crippen molar-refractivity contribution < 1.29 is 13.2 Å². The quantitative estimate of drug-likeness (QED) is 0.728. The monoisotopic (exact) mass is 212 g/mol. The van der Waals surface area contributed by atoms with Gasteiger partial charge in [-0.2, -0.15) is 13.2 Å². The van der Waals surface area contributed by atoms with Crippen LogP contribution in [0.3, 0.4) is 0 Å². The van der Waals surface area contributed by atoms with E-state index in [9.17, 15) is 13.2 Å². The van der Waals surface area contributed by atoms with Crippen molar-refractivity contribution in [3.05, 3.63) is 0 Å². The highest BCUT2D eigenvalue weighted by atomic mass is 19.4. The molecule has 0 unspecified atom stereocenters. The molecule has 5 heteroatoms. The molecule has 0 radical (unpaired) electrons. The minimum atomic E-state index is -4.07. The zero-order valence-electron chi connectivity index (χ0n) is 8.77. The van der Waals surface area contributed by atoms with Gasteiger partial charge in [-0.05, 0) is 5.92 Å². The van der Waals surface area contributed by atoms with Gasteiger partial charge < -0.3 is 10.6 Å². The Hall–Kier alpha value is -0.290. The highest BCUT2D eigenvalue weighted by Crippen LogP contribution is 2.19. The summed E-state index contributed by atoms with van der Waals surface area (Å²) in [6, 6.07) is 0. The number of nitrogens with zero attached hydrogens (tertiary/aromatic N) is 1. The fourth-order valence-corrected chi connectivity index (χ4v) is 1.28. The van der Waals surface area contributed by atoms with Gasteiger partial charge >= 0.3 is 6.18 Å². The molecule has 0 fully saturated rings. The molecule has 0 aliphatic rings. The first kappa shape index (κ1) is 13.7. The SMILES string of the molecule is CC(C)CN(CCN)CCC(F)(F)F. The highest BCUT2D eigenvalue weighted by Gasteiger charge is 2.27. The second kappa shape index (κ2) is 6.24. The maximum atomic E-state index is 11.9. The van der Waals surface area contributed by atoms with Gasteiger partial charge in [-0.25, -0.2) is 0 Å². The number of rotatable bonds is 6. The smallest absolute Gasteiger partial charge is 0.329 e. The molecule has 0 saturated carbocycles. The van der Waals surface area contributed by atoms with Crippen LogP contribution in [0.4, 0.5) is 13.2 Å². The summed E-state index contributed by atoms with van der Waals surface area (Å²) < 4.78 is 35.8. The summed E-state index contributed by atoms with van der Waals surface area (Å²) in [5, 5.41) is 0. The van der Waals surface area contributed by atoms with E-state index in [0.717, 1.165) is 0 Å². The topological polar surface area (TPSA) is 29.3 Å². The molecule has 0 amide bonds. The summed E-state index contributed by atoms with van der Waals surface area (Å²) >= 11 is 0. The molecular weight excluding hydrogens is 193 g/mol. The summed E-state index contributed by atoms with van der Waals surface area (Å²) in [6.07, 6.45) is -4.82. The fraction of sp³-hybridized carbons (Fsp3) is 1.00. The van der Waals surface area contributed by atoms with Crippen molar-refractivity contribution in [2.24, 2.45) is 11.7 Å². The zero-order chi connectivity index (χ0) is 11.2. The zero-order valence-corrected chi connectivity index (χ0v) is 8.77. The fourth-order valence-electron chi connectivity index (χ4n) is 1.28. The average Bonchev–Trinajstić information content (AvgIpc) is 1.98. The lowest BCUT2D eigenvalue weighted by molar-refractivity contribution is -0.138. The van der Waals surface area contributed by atoms with Crippen molar-refractivity contribution in [2.75, 3.05) is 26.2 Å². The van der Waals surface area contributed by atoms with Gasteiger partial charge in [-0.1, -0.05) is 13.8 Å². The number of hydrogen-bond donors (Lipinski definition) is 1. The molecule has 0 rings (SSSR count). The number of nitrogens with two attached hydrogens (primary N) is 1. The largest absolute Gasteiger partial charge is 0.390 e. The van der Waals surface area contributed by atoms with Crippen LogP contribution in [0.2, 0.25) is 0 Å². The molecule has 0 aliphatic heterocycles. The Kier molecular flexibility index (Phi) is 6.11. The first-order valence-electron chi connectivity index (χ1n) is 4.84. The van der Waals surface area contributed by atoms with Gasteiger partial charge in [0, 0.05) is 26.2 Å². The van der Waals surface area contributed by atoms with Gasteiger partial charge in [0.05, 0.1) is 6.42 Å². The van der Waals surface area contributed by atoms with E-state index >= 15 is 0 Å². The van der Waals surface area contributed by atoms with E-state index in [-0.39, 0.29) is 6.54 Å². The van der Waals surface area contributed by atoms with Gasteiger partial charge in [0.1, 0.15) is 0 Å². The van der Waals surface area contributed by atoms with Crippen molar-refractivity contribution in [1.82, 2.24) is 4.90 Å². The molecule has 0 aromatic heterocycles. The molecular formula is C9H19F3N2. The van der Waals surface area contributed by atoms with Crippen molar-refractivity contribution in [2.45, 2.75) is 26.4 Å². The molecule has 0 aliphatic carbocycles. The van der Waals surface area contributed by atoms with Gasteiger partial charge in [-0.15, -0.1) is 0 Å². The first-order valence-corrected chi connectivity index (χ1v) is 4.84. The minimum absolute atomic E-state index is 0.0544. The Morgan fingerprint density at radius 2 is 1.79 bits per heavy atom. The lowest BCUT2D eigenvalue weighted by Crippen LogP contribution is -2.35. The van der Waals surface area contributed by atoms with Crippen LogP contribution >= 0.6 is 0 Å². The minimum Gasteiger partial charge on any atom is -0.329 e. The number of hydrogen-bond acceptors (Lipinski definition) is 2. The molecule has 0 aromatic rings. The molecule has 0 saturated heterocycles. The molecule has 86 valence electrons. The lowest BCUT2D eigenvalue weighted by Gasteiger charge is -2.23. The van der Waals surface area contributed by atoms with Crippen LogP contribution in [0, 0.1) is 5.92 Å². The Morgan fingerprint density at radius 3 is 2.14 bits per heavy atom. The second-order valence-electron chi connectivity index (χ2n) is 3.85. The lowest BCUT2D eigenvalue weighted by atomic mass is 10.2. The van der Waals surface area contributed by atoms with Gasteiger partial charge in [-0.3, -0.25) is 0 Å². The Bertz CT molecular complexity index is 145. The van der Waals surface area contributed by atoms with Crippen molar-refractivity contribution in [3.8, 4) is 0 Å². The Morgan fingerprint density at radius 1 is 1.21 bits per heavy atom. The van der Waals surface area contributed by atoms with Crippen molar-refractivity contribution in [1.29, 1.82) is 0 Å². The van der Waals surface area contributed by atoms with E-state index in [4.69, 9.17) is 5.73 Å². The predicted molar refractivity (Wildman–Crippen MR) is 51.0 cm³/mol. The van der Waals surface area contributed by atoms with Crippen LogP contribution < -0.4 is 5.73 Å². The second-order valence-corrected chi connectivity index (χ2v) is 3.85. The Balaban J connectivity index is 3.84. The first-order chi connectivity index (χ1) is 6.35. The van der Waals surface area contributed by atoms with E-state index in [1.807, 2.05) is 13.8 Å². The highest BCUT2D eigenvalue weighted by molar-refractivity contribution is 4.63. The van der Waals surface area contributed by atoms with Crippen LogP contribution in [-0.4, -0.2) is 37.3 Å². The molecule has 0 spiro atoms. The summed E-state index contributed by atoms with van der Waals surface area (Å²) in [5.74, 6) is 0.370. The molecule has 2 N–H and O–H groups in total. The van der Waals surface area contributed by atoms with E-state index in [0.29, 0.717) is 25.6 Å². The maximum Gasteiger partial charge on any atom is 0.390 e. The standard InChI is InChI=1S/C9H19F3N2/c1-8(2)7-14(6-4-13)5-3-9(10,11)12/h8H,3-7,13H2,1-2H3. The van der Waals surface area contributed by atoms with E-state index in [2.05, 4.69) is 0 Å². The Labute approximate surface area is 83.3 Å². The van der Waals surface area contributed by atoms with Crippen LogP contribution in [0.15, 0.2) is 0 Å². The normalized spacial score (nSPS) is 12.9. The number of alkyl halides is 3. The van der Waals surface area contributed by atoms with Crippen LogP contribution in [-0.2, 0) is 0 Å². The third-order valence-corrected chi connectivity index (χ3v) is 1.78. The summed E-state index contributed by atoms with van der Waals surface area (Å²) in [4.78, 5) is 1.76. The van der Waals surface area contributed by atoms with Crippen molar-refractivity contribution in [3.63, 3.8) is 0 Å². The van der Waals surface area contributed by atoms with Crippen molar-refractivity contribution >= 4 is 0 Å². The summed E-state index contributed by atoms with van der Waals surface area (Å²) in [5.41, 5.74) is 5.32. The summed E-state index contributed by atoms with van der Waals surface area (Å²) in [6.45, 7) is 5.64.